The number of aromatic nitrogens is 2. The number of nitrogens with zero attached hydrogens (tertiary/aromatic N) is 3. The van der Waals surface area contributed by atoms with Gasteiger partial charge in [-0.2, -0.15) is 0 Å². The predicted molar refractivity (Wildman–Crippen MR) is 80.2 cm³/mol. The van der Waals surface area contributed by atoms with Crippen LogP contribution in [0.1, 0.15) is 22.5 Å². The van der Waals surface area contributed by atoms with E-state index in [1.165, 1.54) is 4.90 Å². The summed E-state index contributed by atoms with van der Waals surface area (Å²) in [6, 6.07) is 2.02. The molecule has 0 spiro atoms. The third-order valence-electron chi connectivity index (χ3n) is 3.03. The summed E-state index contributed by atoms with van der Waals surface area (Å²) < 4.78 is 40.5. The van der Waals surface area contributed by atoms with Crippen molar-refractivity contribution in [2.45, 2.75) is 6.43 Å². The van der Waals surface area contributed by atoms with Gasteiger partial charge in [0.1, 0.15) is 0 Å². The second-order valence-corrected chi connectivity index (χ2v) is 5.22. The molecule has 0 bridgehead atoms. The highest BCUT2D eigenvalue weighted by molar-refractivity contribution is 6.31. The molecule has 1 amide bonds. The number of benzene rings is 1. The number of carbonyl (C=O) groups is 1. The van der Waals surface area contributed by atoms with Gasteiger partial charge in [-0.15, -0.1) is 0 Å². The lowest BCUT2D eigenvalue weighted by Gasteiger charge is -2.16. The van der Waals surface area contributed by atoms with Crippen LogP contribution in [-0.2, 0) is 0 Å². The SMILES string of the molecule is CN(C)c1ncc(-c2c(C(F)F)ccc(Cl)c2F)nc1C(N)=O. The molecule has 0 atom stereocenters. The van der Waals surface area contributed by atoms with Crippen LogP contribution in [0.25, 0.3) is 11.3 Å². The second kappa shape index (κ2) is 6.41. The minimum atomic E-state index is -2.95. The topological polar surface area (TPSA) is 72.1 Å². The van der Waals surface area contributed by atoms with Crippen LogP contribution in [0.2, 0.25) is 5.02 Å². The molecule has 2 N–H and O–H groups in total. The molecular formula is C14H12ClF3N4O. The molecule has 1 heterocycles. The molecule has 1 aromatic heterocycles. The van der Waals surface area contributed by atoms with Crippen molar-refractivity contribution in [3.8, 4) is 11.3 Å². The fourth-order valence-corrected chi connectivity index (χ4v) is 2.16. The maximum atomic E-state index is 14.2. The molecule has 0 radical (unpaired) electrons. The molecule has 0 aliphatic rings. The van der Waals surface area contributed by atoms with Crippen molar-refractivity contribution in [3.63, 3.8) is 0 Å². The Morgan fingerprint density at radius 1 is 1.35 bits per heavy atom. The van der Waals surface area contributed by atoms with E-state index >= 15 is 0 Å². The number of hydrogen-bond donors (Lipinski definition) is 1. The fourth-order valence-electron chi connectivity index (χ4n) is 2.00. The molecule has 122 valence electrons. The average Bonchev–Trinajstić information content (AvgIpc) is 2.48. The monoisotopic (exact) mass is 344 g/mol. The van der Waals surface area contributed by atoms with Crippen LogP contribution in [0.15, 0.2) is 18.3 Å². The van der Waals surface area contributed by atoms with Gasteiger partial charge < -0.3 is 10.6 Å². The first-order chi connectivity index (χ1) is 10.7. The quantitative estimate of drug-likeness (QED) is 0.925. The van der Waals surface area contributed by atoms with Gasteiger partial charge in [0.25, 0.3) is 12.3 Å². The Bertz CT molecular complexity index is 768. The summed E-state index contributed by atoms with van der Waals surface area (Å²) in [5.74, 6) is -1.84. The first kappa shape index (κ1) is 17.0. The first-order valence-electron chi connectivity index (χ1n) is 6.34. The van der Waals surface area contributed by atoms with E-state index in [0.717, 1.165) is 18.3 Å². The van der Waals surface area contributed by atoms with Crippen molar-refractivity contribution in [2.75, 3.05) is 19.0 Å². The Morgan fingerprint density at radius 2 is 2.00 bits per heavy atom. The van der Waals surface area contributed by atoms with E-state index in [1.54, 1.807) is 14.1 Å². The number of halogens is 4. The standard InChI is InChI=1S/C14H12ClF3N4O/c1-22(2)14-11(13(19)23)21-8(5-20-14)9-6(12(17)18)3-4-7(15)10(9)16/h3-5,12H,1-2H3,(H2,19,23). The summed E-state index contributed by atoms with van der Waals surface area (Å²) in [4.78, 5) is 20.8. The van der Waals surface area contributed by atoms with Crippen molar-refractivity contribution in [1.29, 1.82) is 0 Å². The van der Waals surface area contributed by atoms with E-state index in [0.29, 0.717) is 0 Å². The van der Waals surface area contributed by atoms with E-state index in [2.05, 4.69) is 9.97 Å². The zero-order valence-corrected chi connectivity index (χ0v) is 12.9. The highest BCUT2D eigenvalue weighted by atomic mass is 35.5. The number of anilines is 1. The van der Waals surface area contributed by atoms with Gasteiger partial charge in [-0.1, -0.05) is 17.7 Å². The molecule has 23 heavy (non-hydrogen) atoms. The van der Waals surface area contributed by atoms with Crippen LogP contribution < -0.4 is 10.6 Å². The van der Waals surface area contributed by atoms with E-state index < -0.39 is 29.3 Å². The summed E-state index contributed by atoms with van der Waals surface area (Å²) >= 11 is 5.66. The minimum Gasteiger partial charge on any atom is -0.364 e. The number of primary amides is 1. The largest absolute Gasteiger partial charge is 0.364 e. The number of carbonyl (C=O) groups excluding carboxylic acids is 1. The molecule has 9 heteroatoms. The van der Waals surface area contributed by atoms with Gasteiger partial charge in [0.2, 0.25) is 0 Å². The van der Waals surface area contributed by atoms with E-state index in [-0.39, 0.29) is 22.2 Å². The molecule has 0 fully saturated rings. The highest BCUT2D eigenvalue weighted by Gasteiger charge is 2.24. The van der Waals surface area contributed by atoms with Crippen molar-refractivity contribution < 1.29 is 18.0 Å². The Balaban J connectivity index is 2.75. The number of amides is 1. The molecular weight excluding hydrogens is 333 g/mol. The number of hydrogen-bond acceptors (Lipinski definition) is 4. The summed E-state index contributed by atoms with van der Waals surface area (Å²) in [5.41, 5.74) is 3.61. The number of rotatable bonds is 4. The van der Waals surface area contributed by atoms with Gasteiger partial charge in [0.05, 0.1) is 16.9 Å². The summed E-state index contributed by atoms with van der Waals surface area (Å²) in [5, 5.41) is -0.344. The third-order valence-corrected chi connectivity index (χ3v) is 3.32. The Hall–Kier alpha value is -2.35. The van der Waals surface area contributed by atoms with Crippen LogP contribution in [0, 0.1) is 5.82 Å². The maximum Gasteiger partial charge on any atom is 0.271 e. The van der Waals surface area contributed by atoms with E-state index in [1.807, 2.05) is 0 Å². The lowest BCUT2D eigenvalue weighted by Crippen LogP contribution is -2.22. The minimum absolute atomic E-state index is 0.141. The molecule has 2 aromatic rings. The molecule has 0 aliphatic carbocycles. The lowest BCUT2D eigenvalue weighted by molar-refractivity contribution is 0.0996. The predicted octanol–water partition coefficient (Wildman–Crippen LogP) is 3.04. The molecule has 5 nitrogen and oxygen atoms in total. The van der Waals surface area contributed by atoms with Crippen LogP contribution in [0.3, 0.4) is 0 Å². The number of alkyl halides is 2. The summed E-state index contributed by atoms with van der Waals surface area (Å²) in [6.45, 7) is 0. The van der Waals surface area contributed by atoms with Crippen LogP contribution in [0.4, 0.5) is 19.0 Å². The van der Waals surface area contributed by atoms with E-state index in [4.69, 9.17) is 17.3 Å². The average molecular weight is 345 g/mol. The van der Waals surface area contributed by atoms with Gasteiger partial charge in [-0.3, -0.25) is 4.79 Å². The molecule has 0 aliphatic heterocycles. The summed E-state index contributed by atoms with van der Waals surface area (Å²) in [6.07, 6.45) is -1.87. The van der Waals surface area contributed by atoms with E-state index in [9.17, 15) is 18.0 Å². The fraction of sp³-hybridized carbons (Fsp3) is 0.214. The third kappa shape index (κ3) is 3.21. The Labute approximate surface area is 134 Å². The van der Waals surface area contributed by atoms with Gasteiger partial charge in [0.15, 0.2) is 17.3 Å². The van der Waals surface area contributed by atoms with Crippen molar-refractivity contribution in [2.24, 2.45) is 5.73 Å². The van der Waals surface area contributed by atoms with Gasteiger partial charge in [0, 0.05) is 25.2 Å². The zero-order valence-electron chi connectivity index (χ0n) is 12.1. The maximum absolute atomic E-state index is 14.2. The first-order valence-corrected chi connectivity index (χ1v) is 6.72. The molecule has 0 saturated heterocycles. The molecule has 0 saturated carbocycles. The number of nitrogens with two attached hydrogens (primary N) is 1. The van der Waals surface area contributed by atoms with Crippen molar-refractivity contribution in [1.82, 2.24) is 9.97 Å². The Morgan fingerprint density at radius 3 is 2.52 bits per heavy atom. The Kier molecular flexibility index (Phi) is 4.74. The lowest BCUT2D eigenvalue weighted by atomic mass is 10.0. The smallest absolute Gasteiger partial charge is 0.271 e. The van der Waals surface area contributed by atoms with Crippen molar-refractivity contribution in [3.05, 3.63) is 40.4 Å². The van der Waals surface area contributed by atoms with Crippen LogP contribution in [-0.4, -0.2) is 30.0 Å². The van der Waals surface area contributed by atoms with Gasteiger partial charge >= 0.3 is 0 Å². The van der Waals surface area contributed by atoms with Crippen LogP contribution >= 0.6 is 11.6 Å². The highest BCUT2D eigenvalue weighted by Crippen LogP contribution is 2.35. The van der Waals surface area contributed by atoms with Gasteiger partial charge in [-0.25, -0.2) is 23.1 Å². The zero-order chi connectivity index (χ0) is 17.3. The normalized spacial score (nSPS) is 10.9. The van der Waals surface area contributed by atoms with Gasteiger partial charge in [-0.05, 0) is 6.07 Å². The van der Waals surface area contributed by atoms with Crippen LogP contribution in [0.5, 0.6) is 0 Å². The second-order valence-electron chi connectivity index (χ2n) is 4.81. The molecule has 0 unspecified atom stereocenters. The molecule has 2 rings (SSSR count). The molecule has 1 aromatic carbocycles. The summed E-state index contributed by atoms with van der Waals surface area (Å²) in [7, 11) is 3.20. The van der Waals surface area contributed by atoms with Crippen molar-refractivity contribution >= 4 is 23.3 Å².